The summed E-state index contributed by atoms with van der Waals surface area (Å²) in [5.41, 5.74) is 0.660. The maximum atomic E-state index is 10.3. The molecular formula is C7H8ClO4P. The molecule has 0 amide bonds. The minimum Gasteiger partial charge on any atom is -0.303 e. The largest absolute Gasteiger partial charge is 0.469 e. The van der Waals surface area contributed by atoms with Gasteiger partial charge in [0.15, 0.2) is 0 Å². The lowest BCUT2D eigenvalue weighted by atomic mass is 10.2. The molecule has 0 spiro atoms. The molecule has 0 aliphatic heterocycles. The van der Waals surface area contributed by atoms with E-state index in [1.807, 2.05) is 0 Å². The molecule has 0 radical (unpaired) electrons. The number of hydrogen-bond acceptors (Lipinski definition) is 2. The summed E-state index contributed by atoms with van der Waals surface area (Å²) in [5.74, 6) is 0. The second kappa shape index (κ2) is 4.22. The maximum Gasteiger partial charge on any atom is 0.469 e. The summed E-state index contributed by atoms with van der Waals surface area (Å²) in [7, 11) is -4.38. The SMILES string of the molecule is O=P(O)(O)OCc1ccc(Cl)cc1. The Labute approximate surface area is 80.4 Å². The summed E-state index contributed by atoms with van der Waals surface area (Å²) >= 11 is 5.61. The Morgan fingerprint density at radius 3 is 2.31 bits per heavy atom. The van der Waals surface area contributed by atoms with Crippen molar-refractivity contribution in [2.75, 3.05) is 0 Å². The van der Waals surface area contributed by atoms with E-state index in [0.29, 0.717) is 10.6 Å². The van der Waals surface area contributed by atoms with Crippen LogP contribution in [0.2, 0.25) is 5.02 Å². The Balaban J connectivity index is 2.56. The molecule has 4 nitrogen and oxygen atoms in total. The van der Waals surface area contributed by atoms with Crippen LogP contribution in [0.15, 0.2) is 24.3 Å². The summed E-state index contributed by atoms with van der Waals surface area (Å²) in [6.45, 7) is -0.124. The maximum absolute atomic E-state index is 10.3. The topological polar surface area (TPSA) is 66.8 Å². The summed E-state index contributed by atoms with van der Waals surface area (Å²) in [4.78, 5) is 16.8. The molecule has 0 aliphatic rings. The van der Waals surface area contributed by atoms with Crippen LogP contribution in [0.3, 0.4) is 0 Å². The molecule has 0 aromatic heterocycles. The van der Waals surface area contributed by atoms with Crippen molar-refractivity contribution in [2.45, 2.75) is 6.61 Å². The van der Waals surface area contributed by atoms with Gasteiger partial charge < -0.3 is 9.79 Å². The zero-order chi connectivity index (χ0) is 9.90. The first-order valence-electron chi connectivity index (χ1n) is 3.42. The molecule has 0 unspecified atom stereocenters. The average Bonchev–Trinajstić information content (AvgIpc) is 2.02. The van der Waals surface area contributed by atoms with Crippen molar-refractivity contribution in [3.05, 3.63) is 34.9 Å². The van der Waals surface area contributed by atoms with Crippen LogP contribution in [0, 0.1) is 0 Å². The molecule has 13 heavy (non-hydrogen) atoms. The van der Waals surface area contributed by atoms with Gasteiger partial charge in [0.1, 0.15) is 0 Å². The first-order chi connectivity index (χ1) is 5.97. The van der Waals surface area contributed by atoms with Gasteiger partial charge in [-0.25, -0.2) is 4.57 Å². The van der Waals surface area contributed by atoms with Crippen molar-refractivity contribution < 1.29 is 18.9 Å². The highest BCUT2D eigenvalue weighted by molar-refractivity contribution is 7.46. The Kier molecular flexibility index (Phi) is 3.47. The van der Waals surface area contributed by atoms with Gasteiger partial charge in [0.2, 0.25) is 0 Å². The van der Waals surface area contributed by atoms with Crippen molar-refractivity contribution in [3.8, 4) is 0 Å². The van der Waals surface area contributed by atoms with Crippen LogP contribution < -0.4 is 0 Å². The van der Waals surface area contributed by atoms with E-state index >= 15 is 0 Å². The molecule has 1 aromatic rings. The molecule has 0 heterocycles. The molecule has 2 N–H and O–H groups in total. The first kappa shape index (κ1) is 10.7. The average molecular weight is 223 g/mol. The van der Waals surface area contributed by atoms with Crippen LogP contribution in [-0.4, -0.2) is 9.79 Å². The third-order valence-electron chi connectivity index (χ3n) is 1.31. The second-order valence-electron chi connectivity index (χ2n) is 2.39. The van der Waals surface area contributed by atoms with Crippen molar-refractivity contribution in [1.29, 1.82) is 0 Å². The van der Waals surface area contributed by atoms with Gasteiger partial charge in [0.25, 0.3) is 0 Å². The monoisotopic (exact) mass is 222 g/mol. The van der Waals surface area contributed by atoms with Crippen molar-refractivity contribution in [1.82, 2.24) is 0 Å². The van der Waals surface area contributed by atoms with Gasteiger partial charge in [-0.05, 0) is 17.7 Å². The quantitative estimate of drug-likeness (QED) is 0.767. The van der Waals surface area contributed by atoms with Gasteiger partial charge in [0.05, 0.1) is 6.61 Å². The molecule has 1 aromatic carbocycles. The zero-order valence-corrected chi connectivity index (χ0v) is 8.20. The molecule has 0 saturated carbocycles. The Morgan fingerprint density at radius 2 is 1.85 bits per heavy atom. The highest BCUT2D eigenvalue weighted by Gasteiger charge is 2.13. The fourth-order valence-electron chi connectivity index (χ4n) is 0.739. The Hall–Kier alpha value is -0.380. The van der Waals surface area contributed by atoms with Gasteiger partial charge in [-0.1, -0.05) is 23.7 Å². The third-order valence-corrected chi connectivity index (χ3v) is 2.03. The molecule has 0 fully saturated rings. The number of hydrogen-bond donors (Lipinski definition) is 2. The number of benzene rings is 1. The van der Waals surface area contributed by atoms with E-state index in [1.165, 1.54) is 0 Å². The van der Waals surface area contributed by atoms with E-state index in [2.05, 4.69) is 4.52 Å². The van der Waals surface area contributed by atoms with Gasteiger partial charge in [-0.3, -0.25) is 4.52 Å². The zero-order valence-electron chi connectivity index (χ0n) is 6.55. The van der Waals surface area contributed by atoms with Crippen molar-refractivity contribution in [2.24, 2.45) is 0 Å². The first-order valence-corrected chi connectivity index (χ1v) is 5.33. The number of halogens is 1. The van der Waals surface area contributed by atoms with E-state index in [0.717, 1.165) is 0 Å². The summed E-state index contributed by atoms with van der Waals surface area (Å²) < 4.78 is 14.6. The molecule has 6 heteroatoms. The molecule has 0 aliphatic carbocycles. The Morgan fingerprint density at radius 1 is 1.31 bits per heavy atom. The molecular weight excluding hydrogens is 214 g/mol. The number of phosphoric ester groups is 1. The summed E-state index contributed by atoms with van der Waals surface area (Å²) in [6.07, 6.45) is 0. The number of rotatable bonds is 3. The normalized spacial score (nSPS) is 11.6. The number of phosphoric acid groups is 1. The predicted molar refractivity (Wildman–Crippen MR) is 48.3 cm³/mol. The second-order valence-corrected chi connectivity index (χ2v) is 4.07. The minimum absolute atomic E-state index is 0.124. The lowest BCUT2D eigenvalue weighted by Gasteiger charge is -2.04. The van der Waals surface area contributed by atoms with Crippen LogP contribution in [0.1, 0.15) is 5.56 Å². The highest BCUT2D eigenvalue weighted by atomic mass is 35.5. The standard InChI is InChI=1S/C7H8ClO4P/c8-7-3-1-6(2-4-7)5-12-13(9,10)11/h1-4H,5H2,(H2,9,10,11). The van der Waals surface area contributed by atoms with Crippen LogP contribution in [0.4, 0.5) is 0 Å². The summed E-state index contributed by atoms with van der Waals surface area (Å²) in [6, 6.07) is 6.52. The van der Waals surface area contributed by atoms with Crippen molar-refractivity contribution in [3.63, 3.8) is 0 Å². The molecule has 1 rings (SSSR count). The van der Waals surface area contributed by atoms with Gasteiger partial charge in [-0.15, -0.1) is 0 Å². The molecule has 0 bridgehead atoms. The predicted octanol–water partition coefficient (Wildman–Crippen LogP) is 1.95. The van der Waals surface area contributed by atoms with Gasteiger partial charge in [-0.2, -0.15) is 0 Å². The smallest absolute Gasteiger partial charge is 0.303 e. The van der Waals surface area contributed by atoms with Gasteiger partial charge >= 0.3 is 7.82 Å². The molecule has 0 saturated heterocycles. The fourth-order valence-corrected chi connectivity index (χ4v) is 1.18. The molecule has 72 valence electrons. The third kappa shape index (κ3) is 4.41. The van der Waals surface area contributed by atoms with E-state index in [4.69, 9.17) is 21.4 Å². The summed E-state index contributed by atoms with van der Waals surface area (Å²) in [5, 5.41) is 0.569. The van der Waals surface area contributed by atoms with Crippen LogP contribution >= 0.6 is 19.4 Å². The van der Waals surface area contributed by atoms with Crippen LogP contribution in [-0.2, 0) is 15.7 Å². The van der Waals surface area contributed by atoms with E-state index in [-0.39, 0.29) is 6.61 Å². The lowest BCUT2D eigenvalue weighted by Crippen LogP contribution is -1.89. The van der Waals surface area contributed by atoms with Gasteiger partial charge in [0, 0.05) is 5.02 Å². The highest BCUT2D eigenvalue weighted by Crippen LogP contribution is 2.36. The van der Waals surface area contributed by atoms with E-state index in [9.17, 15) is 4.57 Å². The van der Waals surface area contributed by atoms with Crippen LogP contribution in [0.25, 0.3) is 0 Å². The molecule has 0 atom stereocenters. The Bertz CT molecular complexity index is 318. The lowest BCUT2D eigenvalue weighted by molar-refractivity contribution is 0.189. The van der Waals surface area contributed by atoms with E-state index < -0.39 is 7.82 Å². The van der Waals surface area contributed by atoms with Crippen LogP contribution in [0.5, 0.6) is 0 Å². The van der Waals surface area contributed by atoms with Crippen molar-refractivity contribution >= 4 is 19.4 Å². The fraction of sp³-hybridized carbons (Fsp3) is 0.143. The van der Waals surface area contributed by atoms with E-state index in [1.54, 1.807) is 24.3 Å². The minimum atomic E-state index is -4.38.